The molecule has 2 aliphatic carbocycles. The first kappa shape index (κ1) is 8.75. The molecule has 0 amide bonds. The molecule has 0 saturated heterocycles. The molecule has 0 N–H and O–H groups in total. The second-order valence-electron chi connectivity index (χ2n) is 3.71. The van der Waals surface area contributed by atoms with Crippen LogP contribution in [0.5, 0.6) is 0 Å². The molecular formula is C10H12O2S. The average molecular weight is 196 g/mol. The van der Waals surface area contributed by atoms with E-state index >= 15 is 0 Å². The van der Waals surface area contributed by atoms with Gasteiger partial charge in [-0.3, -0.25) is 0 Å². The number of hydrogen-bond acceptors (Lipinski definition) is 2. The minimum absolute atomic E-state index is 0.110. The van der Waals surface area contributed by atoms with Gasteiger partial charge in [0.15, 0.2) is 9.84 Å². The van der Waals surface area contributed by atoms with Crippen LogP contribution in [0.1, 0.15) is 6.92 Å². The van der Waals surface area contributed by atoms with Crippen LogP contribution in [0.3, 0.4) is 0 Å². The third-order valence-electron chi connectivity index (χ3n) is 2.55. The smallest absolute Gasteiger partial charge is 0.172 e. The van der Waals surface area contributed by atoms with Gasteiger partial charge in [0.2, 0.25) is 0 Å². The number of hydrogen-bond donors (Lipinski definition) is 0. The van der Waals surface area contributed by atoms with Crippen molar-refractivity contribution in [3.05, 3.63) is 34.8 Å². The topological polar surface area (TPSA) is 34.1 Å². The summed E-state index contributed by atoms with van der Waals surface area (Å²) < 4.78 is 22.5. The highest BCUT2D eigenvalue weighted by Crippen LogP contribution is 2.41. The predicted molar refractivity (Wildman–Crippen MR) is 52.8 cm³/mol. The zero-order valence-corrected chi connectivity index (χ0v) is 8.51. The summed E-state index contributed by atoms with van der Waals surface area (Å²) in [5.41, 5.74) is 1.21. The molecule has 1 unspecified atom stereocenters. The van der Waals surface area contributed by atoms with Gasteiger partial charge in [0, 0.05) is 23.0 Å². The summed E-state index contributed by atoms with van der Waals surface area (Å²) in [5.74, 6) is 0.424. The summed E-state index contributed by atoms with van der Waals surface area (Å²) in [6.07, 6.45) is 9.19. The molecule has 2 nitrogen and oxygen atoms in total. The maximum absolute atomic E-state index is 11.2. The first-order chi connectivity index (χ1) is 5.98. The van der Waals surface area contributed by atoms with Gasteiger partial charge in [-0.1, -0.05) is 29.9 Å². The van der Waals surface area contributed by atoms with E-state index < -0.39 is 9.84 Å². The molecular weight excluding hydrogens is 184 g/mol. The molecule has 0 radical (unpaired) electrons. The molecule has 0 aromatic rings. The van der Waals surface area contributed by atoms with Crippen LogP contribution in [0.25, 0.3) is 0 Å². The lowest BCUT2D eigenvalue weighted by atomic mass is 9.77. The molecule has 2 aliphatic rings. The molecule has 3 heteroatoms. The second kappa shape index (κ2) is 2.58. The average Bonchev–Trinajstić information content (AvgIpc) is 1.92. The molecule has 13 heavy (non-hydrogen) atoms. The molecule has 0 bridgehead atoms. The lowest BCUT2D eigenvalue weighted by Gasteiger charge is -2.33. The molecule has 0 spiro atoms. The maximum Gasteiger partial charge on any atom is 0.172 e. The van der Waals surface area contributed by atoms with Crippen molar-refractivity contribution < 1.29 is 8.42 Å². The van der Waals surface area contributed by atoms with E-state index in [0.29, 0.717) is 10.8 Å². The van der Waals surface area contributed by atoms with Gasteiger partial charge in [-0.2, -0.15) is 0 Å². The van der Waals surface area contributed by atoms with E-state index in [4.69, 9.17) is 0 Å². The molecule has 0 fully saturated rings. The lowest BCUT2D eigenvalue weighted by molar-refractivity contribution is 0.553. The van der Waals surface area contributed by atoms with Crippen molar-refractivity contribution in [2.24, 2.45) is 11.8 Å². The lowest BCUT2D eigenvalue weighted by Crippen LogP contribution is -2.28. The van der Waals surface area contributed by atoms with Gasteiger partial charge in [0.1, 0.15) is 0 Å². The first-order valence-electron chi connectivity index (χ1n) is 4.27. The van der Waals surface area contributed by atoms with Crippen LogP contribution in [0, 0.1) is 11.8 Å². The van der Waals surface area contributed by atoms with Crippen LogP contribution in [0.15, 0.2) is 34.8 Å². The number of fused-ring (bicyclic) bond motifs is 1. The summed E-state index contributed by atoms with van der Waals surface area (Å²) in [4.78, 5) is 0.581. The van der Waals surface area contributed by atoms with Gasteiger partial charge in [-0.15, -0.1) is 0 Å². The molecule has 0 saturated carbocycles. The SMILES string of the molecule is CC1=CC2C=C(S(C)(=O)=O)[C@H]2C=C1. The largest absolute Gasteiger partial charge is 0.224 e. The normalized spacial score (nSPS) is 31.5. The Balaban J connectivity index is 2.35. The minimum Gasteiger partial charge on any atom is -0.224 e. The fourth-order valence-corrected chi connectivity index (χ4v) is 2.97. The quantitative estimate of drug-likeness (QED) is 0.639. The standard InChI is InChI=1S/C10H12O2S/c1-7-3-4-9-8(5-7)6-10(9)13(2,11)12/h3-6,8-9H,1-2H3/t8?,9-/m0/s1. The Hall–Kier alpha value is -0.830. The summed E-state index contributed by atoms with van der Waals surface area (Å²) in [6.45, 7) is 2.03. The van der Waals surface area contributed by atoms with Crippen LogP contribution < -0.4 is 0 Å². The van der Waals surface area contributed by atoms with Crippen molar-refractivity contribution in [2.45, 2.75) is 6.92 Å². The second-order valence-corrected chi connectivity index (χ2v) is 5.73. The first-order valence-corrected chi connectivity index (χ1v) is 6.16. The van der Waals surface area contributed by atoms with Gasteiger partial charge in [-0.05, 0) is 6.92 Å². The Kier molecular flexibility index (Phi) is 1.74. The van der Waals surface area contributed by atoms with Crippen LogP contribution in [-0.2, 0) is 9.84 Å². The Labute approximate surface area is 78.6 Å². The van der Waals surface area contributed by atoms with Gasteiger partial charge in [0.25, 0.3) is 0 Å². The van der Waals surface area contributed by atoms with Gasteiger partial charge < -0.3 is 0 Å². The zero-order valence-electron chi connectivity index (χ0n) is 7.69. The maximum atomic E-state index is 11.2. The van der Waals surface area contributed by atoms with E-state index in [-0.39, 0.29) is 5.92 Å². The van der Waals surface area contributed by atoms with Crippen molar-refractivity contribution in [2.75, 3.05) is 6.26 Å². The molecule has 2 atom stereocenters. The summed E-state index contributed by atoms with van der Waals surface area (Å²) in [7, 11) is -2.97. The van der Waals surface area contributed by atoms with E-state index in [1.54, 1.807) is 0 Å². The van der Waals surface area contributed by atoms with E-state index in [9.17, 15) is 8.42 Å². The van der Waals surface area contributed by atoms with Gasteiger partial charge >= 0.3 is 0 Å². The number of allylic oxidation sites excluding steroid dienone is 6. The molecule has 2 rings (SSSR count). The van der Waals surface area contributed by atoms with Crippen molar-refractivity contribution in [1.82, 2.24) is 0 Å². The van der Waals surface area contributed by atoms with Gasteiger partial charge in [0.05, 0.1) is 0 Å². The number of sulfone groups is 1. The summed E-state index contributed by atoms with van der Waals surface area (Å²) in [6, 6.07) is 0. The molecule has 0 aromatic heterocycles. The van der Waals surface area contributed by atoms with Gasteiger partial charge in [-0.25, -0.2) is 8.42 Å². The molecule has 0 heterocycles. The molecule has 70 valence electrons. The van der Waals surface area contributed by atoms with Crippen molar-refractivity contribution in [3.63, 3.8) is 0 Å². The Bertz CT molecular complexity index is 424. The van der Waals surface area contributed by atoms with Crippen molar-refractivity contribution in [1.29, 1.82) is 0 Å². The predicted octanol–water partition coefficient (Wildman–Crippen LogP) is 1.68. The monoisotopic (exact) mass is 196 g/mol. The Morgan fingerprint density at radius 1 is 1.31 bits per heavy atom. The summed E-state index contributed by atoms with van der Waals surface area (Å²) >= 11 is 0. The fraction of sp³-hybridized carbons (Fsp3) is 0.400. The fourth-order valence-electron chi connectivity index (χ4n) is 1.84. The van der Waals surface area contributed by atoms with E-state index in [2.05, 4.69) is 6.08 Å². The molecule has 0 aromatic carbocycles. The highest BCUT2D eigenvalue weighted by molar-refractivity contribution is 7.94. The Morgan fingerprint density at radius 2 is 2.00 bits per heavy atom. The summed E-state index contributed by atoms with van der Waals surface area (Å²) in [5, 5.41) is 0. The van der Waals surface area contributed by atoms with Crippen LogP contribution in [0.4, 0.5) is 0 Å². The highest BCUT2D eigenvalue weighted by Gasteiger charge is 2.35. The van der Waals surface area contributed by atoms with Crippen molar-refractivity contribution in [3.8, 4) is 0 Å². The van der Waals surface area contributed by atoms with Crippen molar-refractivity contribution >= 4 is 9.84 Å². The van der Waals surface area contributed by atoms with E-state index in [1.165, 1.54) is 11.8 Å². The zero-order chi connectivity index (χ0) is 9.64. The van der Waals surface area contributed by atoms with Crippen LogP contribution >= 0.6 is 0 Å². The van der Waals surface area contributed by atoms with Crippen LogP contribution in [0.2, 0.25) is 0 Å². The Morgan fingerprint density at radius 3 is 2.54 bits per heavy atom. The van der Waals surface area contributed by atoms with Crippen LogP contribution in [-0.4, -0.2) is 14.7 Å². The third kappa shape index (κ3) is 1.37. The molecule has 0 aliphatic heterocycles. The minimum atomic E-state index is -2.97. The number of rotatable bonds is 1. The third-order valence-corrected chi connectivity index (χ3v) is 3.81. The highest BCUT2D eigenvalue weighted by atomic mass is 32.2. The van der Waals surface area contributed by atoms with E-state index in [1.807, 2.05) is 25.2 Å². The van der Waals surface area contributed by atoms with E-state index in [0.717, 1.165) is 0 Å².